The number of halogens is 2. The van der Waals surface area contributed by atoms with Gasteiger partial charge in [-0.25, -0.2) is 0 Å². The normalized spacial score (nSPS) is 12.0. The summed E-state index contributed by atoms with van der Waals surface area (Å²) in [6.07, 6.45) is 7.61. The smallest absolute Gasteiger partial charge is 0.295 e. The third kappa shape index (κ3) is 6.81. The van der Waals surface area contributed by atoms with Gasteiger partial charge in [-0.1, -0.05) is 96.0 Å². The topological polar surface area (TPSA) is 117 Å². The predicted octanol–water partition coefficient (Wildman–Crippen LogP) is 9.92. The molecule has 1 aliphatic heterocycles. The lowest BCUT2D eigenvalue weighted by atomic mass is 9.93. The maximum absolute atomic E-state index is 12.8. The van der Waals surface area contributed by atoms with Gasteiger partial charge in [-0.15, -0.1) is 4.91 Å². The van der Waals surface area contributed by atoms with Crippen molar-refractivity contribution in [2.24, 2.45) is 5.18 Å². The average molecular weight is 698 g/mol. The number of benzene rings is 5. The molecule has 0 saturated carbocycles. The van der Waals surface area contributed by atoms with Crippen LogP contribution in [0.25, 0.3) is 57.7 Å². The first-order chi connectivity index (χ1) is 22.9. The van der Waals surface area contributed by atoms with Crippen LogP contribution in [-0.2, 0) is 10.1 Å². The summed E-state index contributed by atoms with van der Waals surface area (Å²) in [6, 6.07) is 25.9. The Hall–Kier alpha value is -5.06. The van der Waals surface area contributed by atoms with Crippen LogP contribution in [-0.4, -0.2) is 27.1 Å². The Morgan fingerprint density at radius 2 is 1.29 bits per heavy atom. The molecule has 1 N–H and O–H groups in total. The van der Waals surface area contributed by atoms with Crippen LogP contribution >= 0.6 is 23.2 Å². The number of anilines is 1. The van der Waals surface area contributed by atoms with Crippen LogP contribution in [0.1, 0.15) is 22.3 Å². The van der Waals surface area contributed by atoms with Crippen LogP contribution in [0.4, 0.5) is 11.4 Å². The molecule has 48 heavy (non-hydrogen) atoms. The SMILES string of the molecule is CN(C)c1ccc(/C=C/c2ccc(/C=C/c3ccc(-c4c5cc(Cl)c(=O)cc-5oc5cc(N=O)c(Cl)cc45)c(S(=O)(=O)O)c3)cc2)cc1. The summed E-state index contributed by atoms with van der Waals surface area (Å²) in [4.78, 5) is 25.3. The van der Waals surface area contributed by atoms with E-state index in [4.69, 9.17) is 27.6 Å². The minimum Gasteiger partial charge on any atom is -0.456 e. The highest BCUT2D eigenvalue weighted by Crippen LogP contribution is 2.45. The highest BCUT2D eigenvalue weighted by atomic mass is 35.5. The number of nitroso groups, excluding NO2 is 1. The van der Waals surface area contributed by atoms with E-state index in [2.05, 4.69) is 29.4 Å². The van der Waals surface area contributed by atoms with Crippen molar-refractivity contribution in [1.29, 1.82) is 0 Å². The van der Waals surface area contributed by atoms with Crippen molar-refractivity contribution in [3.63, 3.8) is 0 Å². The molecular formula is C37H26Cl2N2O6S. The van der Waals surface area contributed by atoms with Gasteiger partial charge in [0.25, 0.3) is 10.1 Å². The average Bonchev–Trinajstić information content (AvgIpc) is 3.06. The molecule has 2 aliphatic rings. The summed E-state index contributed by atoms with van der Waals surface area (Å²) in [5.74, 6) is 0.0804. The van der Waals surface area contributed by atoms with Gasteiger partial charge in [0, 0.05) is 54.0 Å². The Bertz CT molecular complexity index is 2400. The van der Waals surface area contributed by atoms with Gasteiger partial charge in [-0.3, -0.25) is 9.35 Å². The van der Waals surface area contributed by atoms with Gasteiger partial charge in [0.2, 0.25) is 5.43 Å². The molecule has 0 aromatic heterocycles. The molecule has 4 aromatic rings. The Kier molecular flexibility index (Phi) is 9.05. The van der Waals surface area contributed by atoms with Gasteiger partial charge in [0.05, 0.1) is 10.0 Å². The van der Waals surface area contributed by atoms with E-state index in [0.717, 1.165) is 28.4 Å². The Balaban J connectivity index is 1.37. The van der Waals surface area contributed by atoms with E-state index >= 15 is 0 Å². The van der Waals surface area contributed by atoms with Crippen molar-refractivity contribution >= 4 is 80.0 Å². The third-order valence-corrected chi connectivity index (χ3v) is 9.27. The van der Waals surface area contributed by atoms with Gasteiger partial charge in [-0.05, 0) is 57.8 Å². The van der Waals surface area contributed by atoms with Gasteiger partial charge < -0.3 is 9.32 Å². The van der Waals surface area contributed by atoms with Crippen molar-refractivity contribution in [2.75, 3.05) is 19.0 Å². The van der Waals surface area contributed by atoms with Crippen molar-refractivity contribution < 1.29 is 17.4 Å². The Labute approximate surface area is 286 Å². The molecular weight excluding hydrogens is 671 g/mol. The molecule has 1 aliphatic carbocycles. The second kappa shape index (κ2) is 13.2. The largest absolute Gasteiger partial charge is 0.456 e. The first-order valence-corrected chi connectivity index (χ1v) is 16.7. The molecule has 0 bridgehead atoms. The maximum Gasteiger partial charge on any atom is 0.295 e. The summed E-state index contributed by atoms with van der Waals surface area (Å²) >= 11 is 12.5. The maximum atomic E-state index is 12.8. The fraction of sp³-hybridized carbons (Fsp3) is 0.0541. The molecule has 0 amide bonds. The van der Waals surface area contributed by atoms with Gasteiger partial charge in [0.15, 0.2) is 0 Å². The number of hydrogen-bond donors (Lipinski definition) is 1. The van der Waals surface area contributed by atoms with Gasteiger partial charge >= 0.3 is 0 Å². The summed E-state index contributed by atoms with van der Waals surface area (Å²) < 4.78 is 41.9. The lowest BCUT2D eigenvalue weighted by molar-refractivity contribution is 0.483. The Morgan fingerprint density at radius 3 is 1.85 bits per heavy atom. The number of hydrogen-bond acceptors (Lipinski definition) is 7. The van der Waals surface area contributed by atoms with Crippen LogP contribution in [0.15, 0.2) is 110 Å². The molecule has 8 nitrogen and oxygen atoms in total. The van der Waals surface area contributed by atoms with Crippen LogP contribution in [0.5, 0.6) is 0 Å². The zero-order valence-electron chi connectivity index (χ0n) is 25.5. The number of nitrogens with zero attached hydrogens (tertiary/aromatic N) is 2. The molecule has 0 radical (unpaired) electrons. The summed E-state index contributed by atoms with van der Waals surface area (Å²) in [5.41, 5.74) is 4.74. The van der Waals surface area contributed by atoms with E-state index in [-0.39, 0.29) is 38.2 Å². The summed E-state index contributed by atoms with van der Waals surface area (Å²) in [5, 5.41) is 3.09. The van der Waals surface area contributed by atoms with Crippen LogP contribution in [0.3, 0.4) is 0 Å². The summed E-state index contributed by atoms with van der Waals surface area (Å²) in [7, 11) is -0.782. The monoisotopic (exact) mass is 696 g/mol. The standard InChI is InChI=1S/C37H26Cl2N2O6S/c1-41(2)26-14-11-24(12-15-26)8-7-22-3-5-23(6-4-22)9-10-25-13-16-27(36(17-25)48(44,45)46)37-28-18-30(38)32(40-43)20-34(28)47-35-21-33(42)31(39)19-29(35)37/h3-21H,1-2H3,(H,44,45,46)/b8-7+,10-9+. The molecule has 6 rings (SSSR count). The third-order valence-electron chi connectivity index (χ3n) is 7.78. The molecule has 0 saturated heterocycles. The number of rotatable bonds is 8. The molecule has 11 heteroatoms. The van der Waals surface area contributed by atoms with Crippen molar-refractivity contribution in [3.05, 3.63) is 138 Å². The fourth-order valence-electron chi connectivity index (χ4n) is 5.31. The fourth-order valence-corrected chi connectivity index (χ4v) is 6.40. The molecule has 0 fully saturated rings. The van der Waals surface area contributed by atoms with Gasteiger partial charge in [-0.2, -0.15) is 8.42 Å². The van der Waals surface area contributed by atoms with Crippen molar-refractivity contribution in [1.82, 2.24) is 0 Å². The molecule has 240 valence electrons. The second-order valence-corrected chi connectivity index (χ2v) is 13.4. The molecule has 4 aromatic carbocycles. The highest BCUT2D eigenvalue weighted by Gasteiger charge is 2.25. The quantitative estimate of drug-likeness (QED) is 0.0728. The minimum absolute atomic E-state index is 0.00651. The van der Waals surface area contributed by atoms with E-state index in [0.29, 0.717) is 16.5 Å². The lowest BCUT2D eigenvalue weighted by Crippen LogP contribution is -2.07. The zero-order chi connectivity index (χ0) is 34.2. The first kappa shape index (κ1) is 32.9. The molecule has 0 unspecified atom stereocenters. The van der Waals surface area contributed by atoms with E-state index in [1.807, 2.05) is 61.5 Å². The number of fused-ring (bicyclic) bond motifs is 2. The minimum atomic E-state index is -4.78. The van der Waals surface area contributed by atoms with Crippen LogP contribution < -0.4 is 10.3 Å². The first-order valence-electron chi connectivity index (χ1n) is 14.5. The molecule has 0 spiro atoms. The van der Waals surface area contributed by atoms with Crippen molar-refractivity contribution in [2.45, 2.75) is 4.90 Å². The molecule has 1 heterocycles. The zero-order valence-corrected chi connectivity index (χ0v) is 27.8. The van der Waals surface area contributed by atoms with Gasteiger partial charge in [0.1, 0.15) is 21.9 Å². The van der Waals surface area contributed by atoms with E-state index in [1.54, 1.807) is 12.1 Å². The van der Waals surface area contributed by atoms with Crippen molar-refractivity contribution in [3.8, 4) is 22.5 Å². The highest BCUT2D eigenvalue weighted by molar-refractivity contribution is 7.86. The van der Waals surface area contributed by atoms with E-state index < -0.39 is 20.4 Å². The Morgan fingerprint density at radius 1 is 0.729 bits per heavy atom. The predicted molar refractivity (Wildman–Crippen MR) is 195 cm³/mol. The second-order valence-electron chi connectivity index (χ2n) is 11.2. The lowest BCUT2D eigenvalue weighted by Gasteiger charge is -2.18. The van der Waals surface area contributed by atoms with Crippen LogP contribution in [0.2, 0.25) is 10.0 Å². The van der Waals surface area contributed by atoms with E-state index in [1.165, 1.54) is 30.3 Å². The van der Waals surface area contributed by atoms with Crippen LogP contribution in [0, 0.1) is 4.91 Å². The molecule has 0 atom stereocenters. The summed E-state index contributed by atoms with van der Waals surface area (Å²) in [6.45, 7) is 0. The van der Waals surface area contributed by atoms with E-state index in [9.17, 15) is 22.7 Å².